The summed E-state index contributed by atoms with van der Waals surface area (Å²) >= 11 is 0. The van der Waals surface area contributed by atoms with E-state index < -0.39 is 6.10 Å². The normalized spacial score (nSPS) is 18.5. The van der Waals surface area contributed by atoms with Crippen LogP contribution in [0.25, 0.3) is 6.08 Å². The van der Waals surface area contributed by atoms with Crippen LogP contribution in [0.5, 0.6) is 0 Å². The number of rotatable bonds is 6. The van der Waals surface area contributed by atoms with Crippen LogP contribution < -0.4 is 5.48 Å². The number of aliphatic hydroxyl groups is 1. The van der Waals surface area contributed by atoms with Gasteiger partial charge in [0.05, 0.1) is 12.6 Å². The smallest absolute Gasteiger partial charge is 0.144 e. The van der Waals surface area contributed by atoms with Gasteiger partial charge in [-0.3, -0.25) is 15.7 Å². The van der Waals surface area contributed by atoms with Gasteiger partial charge >= 0.3 is 0 Å². The van der Waals surface area contributed by atoms with Crippen molar-refractivity contribution in [1.82, 2.24) is 10.4 Å². The van der Waals surface area contributed by atoms with Crippen molar-refractivity contribution in [3.05, 3.63) is 42.0 Å². The van der Waals surface area contributed by atoms with Gasteiger partial charge in [0.1, 0.15) is 5.84 Å². The molecule has 1 atom stereocenters. The third kappa shape index (κ3) is 5.97. The summed E-state index contributed by atoms with van der Waals surface area (Å²) in [6.45, 7) is 3.03. The Morgan fingerprint density at radius 2 is 1.95 bits per heavy atom. The first-order valence-corrected chi connectivity index (χ1v) is 7.86. The molecule has 2 rings (SSSR count). The van der Waals surface area contributed by atoms with Gasteiger partial charge in [0.2, 0.25) is 0 Å². The predicted molar refractivity (Wildman–Crippen MR) is 89.0 cm³/mol. The fourth-order valence-electron chi connectivity index (χ4n) is 2.57. The van der Waals surface area contributed by atoms with Gasteiger partial charge in [-0.15, -0.1) is 0 Å². The highest BCUT2D eigenvalue weighted by Crippen LogP contribution is 2.09. The topological polar surface area (TPSA) is 68.1 Å². The summed E-state index contributed by atoms with van der Waals surface area (Å²) in [6, 6.07) is 9.79. The van der Waals surface area contributed by atoms with E-state index >= 15 is 0 Å². The molecule has 1 aliphatic rings. The van der Waals surface area contributed by atoms with Crippen molar-refractivity contribution in [3.8, 4) is 0 Å². The molecule has 3 N–H and O–H groups in total. The van der Waals surface area contributed by atoms with Gasteiger partial charge in [-0.1, -0.05) is 42.8 Å². The summed E-state index contributed by atoms with van der Waals surface area (Å²) in [5.74, 6) is 0.349. The molecule has 0 radical (unpaired) electrons. The number of nitrogens with one attached hydrogen (secondary N) is 1. The molecule has 0 bridgehead atoms. The van der Waals surface area contributed by atoms with Crippen LogP contribution in [0.3, 0.4) is 0 Å². The Balaban J connectivity index is 1.82. The minimum Gasteiger partial charge on any atom is -0.390 e. The second-order valence-electron chi connectivity index (χ2n) is 5.60. The first kappa shape index (κ1) is 16.7. The van der Waals surface area contributed by atoms with Crippen molar-refractivity contribution < 1.29 is 10.3 Å². The molecule has 0 aliphatic carbocycles. The molecule has 1 unspecified atom stereocenters. The van der Waals surface area contributed by atoms with Gasteiger partial charge in [-0.25, -0.2) is 0 Å². The summed E-state index contributed by atoms with van der Waals surface area (Å²) < 4.78 is 0. The summed E-state index contributed by atoms with van der Waals surface area (Å²) in [4.78, 5) is 6.49. The summed E-state index contributed by atoms with van der Waals surface area (Å²) in [5, 5.41) is 19.2. The molecule has 120 valence electrons. The van der Waals surface area contributed by atoms with Crippen molar-refractivity contribution in [3.63, 3.8) is 0 Å². The molecule has 1 fully saturated rings. The Labute approximate surface area is 131 Å². The van der Waals surface area contributed by atoms with Crippen LogP contribution in [-0.4, -0.2) is 53.3 Å². The Bertz CT molecular complexity index is 482. The van der Waals surface area contributed by atoms with Crippen LogP contribution >= 0.6 is 0 Å². The Kier molecular flexibility index (Phi) is 7.09. The standard InChI is InChI=1S/C17H25N3O2/c21-16(14-20-11-5-2-6-12-20)13-18-17(19-22)10-9-15-7-3-1-4-8-15/h1,3-4,7-10,16,21-22H,2,5-6,11-14H2,(H,18,19)/b10-9+. The van der Waals surface area contributed by atoms with E-state index in [-0.39, 0.29) is 6.54 Å². The zero-order valence-corrected chi connectivity index (χ0v) is 12.9. The van der Waals surface area contributed by atoms with Gasteiger partial charge in [0, 0.05) is 6.54 Å². The lowest BCUT2D eigenvalue weighted by Crippen LogP contribution is -2.37. The highest BCUT2D eigenvalue weighted by molar-refractivity contribution is 5.95. The van der Waals surface area contributed by atoms with Crippen LogP contribution in [0.15, 0.2) is 41.4 Å². The molecule has 22 heavy (non-hydrogen) atoms. The molecule has 0 amide bonds. The minimum atomic E-state index is -0.508. The number of aliphatic hydroxyl groups excluding tert-OH is 1. The van der Waals surface area contributed by atoms with E-state index in [4.69, 9.17) is 5.21 Å². The Hall–Kier alpha value is -1.69. The fourth-order valence-corrected chi connectivity index (χ4v) is 2.57. The molecule has 1 saturated heterocycles. The molecule has 0 saturated carbocycles. The highest BCUT2D eigenvalue weighted by atomic mass is 16.5. The maximum absolute atomic E-state index is 10.0. The average Bonchev–Trinajstić information content (AvgIpc) is 2.57. The third-order valence-corrected chi connectivity index (χ3v) is 3.74. The summed E-state index contributed by atoms with van der Waals surface area (Å²) in [6.07, 6.45) is 6.75. The molecule has 1 aromatic carbocycles. The number of amidine groups is 1. The van der Waals surface area contributed by atoms with Crippen molar-refractivity contribution in [1.29, 1.82) is 0 Å². The fraction of sp³-hybridized carbons (Fsp3) is 0.471. The number of benzene rings is 1. The van der Waals surface area contributed by atoms with E-state index in [0.717, 1.165) is 18.7 Å². The lowest BCUT2D eigenvalue weighted by atomic mass is 10.1. The van der Waals surface area contributed by atoms with Gasteiger partial charge in [0.25, 0.3) is 0 Å². The van der Waals surface area contributed by atoms with E-state index in [0.29, 0.717) is 12.4 Å². The number of hydrogen-bond acceptors (Lipinski definition) is 4. The first-order chi connectivity index (χ1) is 10.8. The van der Waals surface area contributed by atoms with Gasteiger partial charge in [-0.2, -0.15) is 0 Å². The summed E-state index contributed by atoms with van der Waals surface area (Å²) in [5.41, 5.74) is 3.10. The van der Waals surface area contributed by atoms with Gasteiger partial charge in [-0.05, 0) is 37.6 Å². The maximum atomic E-state index is 10.0. The Morgan fingerprint density at radius 1 is 1.23 bits per heavy atom. The zero-order valence-electron chi connectivity index (χ0n) is 12.9. The predicted octanol–water partition coefficient (Wildman–Crippen LogP) is 1.92. The summed E-state index contributed by atoms with van der Waals surface area (Å²) in [7, 11) is 0. The number of aliphatic imine (C=N–C) groups is 1. The SMILES string of the molecule is ONC(/C=C/c1ccccc1)=NCC(O)CN1CCCCC1. The van der Waals surface area contributed by atoms with Crippen LogP contribution in [0.2, 0.25) is 0 Å². The number of hydrogen-bond donors (Lipinski definition) is 3. The quantitative estimate of drug-likeness (QED) is 0.427. The maximum Gasteiger partial charge on any atom is 0.144 e. The lowest BCUT2D eigenvalue weighted by molar-refractivity contribution is 0.107. The van der Waals surface area contributed by atoms with Crippen LogP contribution in [0, 0.1) is 0 Å². The number of β-amino-alcohol motifs (C(OH)–C–C–N with tert-alkyl or cyclic N) is 1. The van der Waals surface area contributed by atoms with Crippen LogP contribution in [0.1, 0.15) is 24.8 Å². The monoisotopic (exact) mass is 303 g/mol. The zero-order chi connectivity index (χ0) is 15.6. The second-order valence-corrected chi connectivity index (χ2v) is 5.60. The molecule has 1 heterocycles. The third-order valence-electron chi connectivity index (χ3n) is 3.74. The molecule has 1 aromatic rings. The molecule has 0 aromatic heterocycles. The van der Waals surface area contributed by atoms with Crippen molar-refractivity contribution in [2.24, 2.45) is 4.99 Å². The number of nitrogens with zero attached hydrogens (tertiary/aromatic N) is 2. The van der Waals surface area contributed by atoms with E-state index in [2.05, 4.69) is 15.4 Å². The van der Waals surface area contributed by atoms with E-state index in [1.807, 2.05) is 36.4 Å². The van der Waals surface area contributed by atoms with E-state index in [1.54, 1.807) is 6.08 Å². The number of likely N-dealkylation sites (tertiary alicyclic amines) is 1. The van der Waals surface area contributed by atoms with Gasteiger partial charge < -0.3 is 10.0 Å². The molecule has 0 spiro atoms. The molecular formula is C17H25N3O2. The van der Waals surface area contributed by atoms with Gasteiger partial charge in [0.15, 0.2) is 0 Å². The second kappa shape index (κ2) is 9.35. The van der Waals surface area contributed by atoms with Crippen molar-refractivity contribution >= 4 is 11.9 Å². The van der Waals surface area contributed by atoms with E-state index in [1.165, 1.54) is 19.3 Å². The molecule has 1 aliphatic heterocycles. The van der Waals surface area contributed by atoms with Crippen molar-refractivity contribution in [2.45, 2.75) is 25.4 Å². The molecule has 5 heteroatoms. The number of piperidine rings is 1. The van der Waals surface area contributed by atoms with E-state index in [9.17, 15) is 5.11 Å². The Morgan fingerprint density at radius 3 is 2.64 bits per heavy atom. The average molecular weight is 303 g/mol. The molecular weight excluding hydrogens is 278 g/mol. The van der Waals surface area contributed by atoms with Crippen molar-refractivity contribution in [2.75, 3.05) is 26.2 Å². The first-order valence-electron chi connectivity index (χ1n) is 7.86. The van der Waals surface area contributed by atoms with Crippen LogP contribution in [-0.2, 0) is 0 Å². The van der Waals surface area contributed by atoms with Crippen LogP contribution in [0.4, 0.5) is 0 Å². The highest BCUT2D eigenvalue weighted by Gasteiger charge is 2.14. The number of hydroxylamine groups is 1. The largest absolute Gasteiger partial charge is 0.390 e. The lowest BCUT2D eigenvalue weighted by Gasteiger charge is -2.27. The minimum absolute atomic E-state index is 0.276. The molecule has 5 nitrogen and oxygen atoms in total.